The molecule has 1 rings (SSSR count). The summed E-state index contributed by atoms with van der Waals surface area (Å²) in [5.41, 5.74) is 1.32. The van der Waals surface area contributed by atoms with E-state index in [1.807, 2.05) is 13.0 Å². The lowest BCUT2D eigenvalue weighted by Crippen LogP contribution is -2.28. The third-order valence-electron chi connectivity index (χ3n) is 2.31. The van der Waals surface area contributed by atoms with Crippen molar-refractivity contribution in [1.82, 2.24) is 4.90 Å². The lowest BCUT2D eigenvalue weighted by Gasteiger charge is -2.22. The molecule has 0 aliphatic rings. The van der Waals surface area contributed by atoms with E-state index in [0.29, 0.717) is 0 Å². The molecule has 0 saturated heterocycles. The van der Waals surface area contributed by atoms with E-state index in [9.17, 15) is 0 Å². The van der Waals surface area contributed by atoms with E-state index < -0.39 is 0 Å². The van der Waals surface area contributed by atoms with Crippen LogP contribution >= 0.6 is 27.5 Å². The van der Waals surface area contributed by atoms with Crippen molar-refractivity contribution in [2.75, 3.05) is 13.1 Å². The van der Waals surface area contributed by atoms with E-state index in [-0.39, 0.29) is 5.38 Å². The molecular weight excluding hydrogens is 273 g/mol. The molecule has 0 aromatic heterocycles. The van der Waals surface area contributed by atoms with E-state index in [1.165, 1.54) is 10.0 Å². The molecule has 1 unspecified atom stereocenters. The second kappa shape index (κ2) is 6.51. The maximum Gasteiger partial charge on any atom is 0.0435 e. The quantitative estimate of drug-likeness (QED) is 0.744. The Hall–Kier alpha value is -0.0500. The second-order valence-corrected chi connectivity index (χ2v) is 5.30. The van der Waals surface area contributed by atoms with Gasteiger partial charge in [0.15, 0.2) is 0 Å². The van der Waals surface area contributed by atoms with Crippen molar-refractivity contribution < 1.29 is 0 Å². The molecule has 0 aliphatic carbocycles. The minimum atomic E-state index is 0.201. The van der Waals surface area contributed by atoms with Crippen molar-refractivity contribution >= 4 is 27.5 Å². The summed E-state index contributed by atoms with van der Waals surface area (Å²) in [6, 6.07) is 8.32. The first-order valence-electron chi connectivity index (χ1n) is 5.23. The molecule has 15 heavy (non-hydrogen) atoms. The Morgan fingerprint density at radius 1 is 1.40 bits per heavy atom. The summed E-state index contributed by atoms with van der Waals surface area (Å²) in [7, 11) is 0. The highest BCUT2D eigenvalue weighted by molar-refractivity contribution is 9.10. The summed E-state index contributed by atoms with van der Waals surface area (Å²) in [5.74, 6) is 0. The first-order valence-corrected chi connectivity index (χ1v) is 6.46. The number of rotatable bonds is 5. The van der Waals surface area contributed by atoms with Gasteiger partial charge in [-0.05, 0) is 25.1 Å². The smallest absolute Gasteiger partial charge is 0.0435 e. The SMILES string of the molecule is CCN(Cc1ccccc1Br)CC(C)Cl. The Morgan fingerprint density at radius 2 is 2.07 bits per heavy atom. The minimum absolute atomic E-state index is 0.201. The molecule has 1 aromatic carbocycles. The van der Waals surface area contributed by atoms with E-state index in [0.717, 1.165) is 19.6 Å². The molecule has 0 N–H and O–H groups in total. The zero-order valence-corrected chi connectivity index (χ0v) is 11.6. The van der Waals surface area contributed by atoms with Gasteiger partial charge in [-0.25, -0.2) is 0 Å². The predicted octanol–water partition coefficient (Wildman–Crippen LogP) is 3.90. The van der Waals surface area contributed by atoms with Gasteiger partial charge in [-0.15, -0.1) is 11.6 Å². The standard InChI is InChI=1S/C12H17BrClN/c1-3-15(8-10(2)14)9-11-6-4-5-7-12(11)13/h4-7,10H,3,8-9H2,1-2H3. The van der Waals surface area contributed by atoms with Crippen molar-refractivity contribution in [3.8, 4) is 0 Å². The van der Waals surface area contributed by atoms with Gasteiger partial charge in [0.1, 0.15) is 0 Å². The van der Waals surface area contributed by atoms with Gasteiger partial charge in [0.25, 0.3) is 0 Å². The predicted molar refractivity (Wildman–Crippen MR) is 70.4 cm³/mol. The lowest BCUT2D eigenvalue weighted by atomic mass is 10.2. The van der Waals surface area contributed by atoms with Crippen LogP contribution in [0.2, 0.25) is 0 Å². The van der Waals surface area contributed by atoms with Crippen LogP contribution in [0.1, 0.15) is 19.4 Å². The first kappa shape index (κ1) is 13.0. The van der Waals surface area contributed by atoms with Crippen LogP contribution in [0.4, 0.5) is 0 Å². The summed E-state index contributed by atoms with van der Waals surface area (Å²) >= 11 is 9.56. The Bertz CT molecular complexity index is 301. The Balaban J connectivity index is 2.62. The Morgan fingerprint density at radius 3 is 2.60 bits per heavy atom. The highest BCUT2D eigenvalue weighted by Gasteiger charge is 2.08. The molecule has 0 radical (unpaired) electrons. The fourth-order valence-corrected chi connectivity index (χ4v) is 2.13. The molecule has 0 aliphatic heterocycles. The van der Waals surface area contributed by atoms with E-state index in [4.69, 9.17) is 11.6 Å². The van der Waals surface area contributed by atoms with Gasteiger partial charge in [0.05, 0.1) is 0 Å². The van der Waals surface area contributed by atoms with Crippen LogP contribution in [0, 0.1) is 0 Å². The summed E-state index contributed by atoms with van der Waals surface area (Å²) < 4.78 is 1.17. The molecule has 0 spiro atoms. The molecule has 0 amide bonds. The number of nitrogens with zero attached hydrogens (tertiary/aromatic N) is 1. The van der Waals surface area contributed by atoms with Gasteiger partial charge in [-0.1, -0.05) is 41.1 Å². The van der Waals surface area contributed by atoms with Crippen LogP contribution in [0.3, 0.4) is 0 Å². The van der Waals surface area contributed by atoms with Crippen molar-refractivity contribution in [3.05, 3.63) is 34.3 Å². The molecule has 0 heterocycles. The molecule has 0 saturated carbocycles. The van der Waals surface area contributed by atoms with Crippen molar-refractivity contribution in [2.24, 2.45) is 0 Å². The van der Waals surface area contributed by atoms with E-state index in [2.05, 4.69) is 46.0 Å². The fourth-order valence-electron chi connectivity index (χ4n) is 1.53. The van der Waals surface area contributed by atoms with Crippen molar-refractivity contribution in [3.63, 3.8) is 0 Å². The van der Waals surface area contributed by atoms with Crippen LogP contribution in [0.25, 0.3) is 0 Å². The molecule has 0 fully saturated rings. The second-order valence-electron chi connectivity index (χ2n) is 3.70. The molecule has 0 bridgehead atoms. The maximum atomic E-state index is 6.00. The average Bonchev–Trinajstić information content (AvgIpc) is 2.19. The minimum Gasteiger partial charge on any atom is -0.298 e. The number of hydrogen-bond donors (Lipinski definition) is 0. The maximum absolute atomic E-state index is 6.00. The highest BCUT2D eigenvalue weighted by Crippen LogP contribution is 2.18. The summed E-state index contributed by atoms with van der Waals surface area (Å²) in [6.45, 7) is 7.10. The van der Waals surface area contributed by atoms with E-state index >= 15 is 0 Å². The third kappa shape index (κ3) is 4.54. The molecule has 3 heteroatoms. The summed E-state index contributed by atoms with van der Waals surface area (Å²) in [5, 5.41) is 0.201. The number of alkyl halides is 1. The van der Waals surface area contributed by atoms with Crippen LogP contribution < -0.4 is 0 Å². The van der Waals surface area contributed by atoms with E-state index in [1.54, 1.807) is 0 Å². The first-order chi connectivity index (χ1) is 7.13. The number of hydrogen-bond acceptors (Lipinski definition) is 1. The van der Waals surface area contributed by atoms with Crippen LogP contribution in [0.5, 0.6) is 0 Å². The number of halogens is 2. The Labute approximate surface area is 106 Å². The molecular formula is C12H17BrClN. The molecule has 1 nitrogen and oxygen atoms in total. The van der Waals surface area contributed by atoms with Crippen LogP contribution in [0.15, 0.2) is 28.7 Å². The van der Waals surface area contributed by atoms with Gasteiger partial charge in [0, 0.05) is 22.9 Å². The fraction of sp³-hybridized carbons (Fsp3) is 0.500. The van der Waals surface area contributed by atoms with Crippen molar-refractivity contribution in [2.45, 2.75) is 25.8 Å². The van der Waals surface area contributed by atoms with Crippen LogP contribution in [-0.2, 0) is 6.54 Å². The van der Waals surface area contributed by atoms with Gasteiger partial charge < -0.3 is 0 Å². The topological polar surface area (TPSA) is 3.24 Å². The van der Waals surface area contributed by atoms with Gasteiger partial charge in [-0.3, -0.25) is 4.90 Å². The molecule has 1 atom stereocenters. The van der Waals surface area contributed by atoms with Gasteiger partial charge in [0.2, 0.25) is 0 Å². The lowest BCUT2D eigenvalue weighted by molar-refractivity contribution is 0.282. The zero-order valence-electron chi connectivity index (χ0n) is 9.21. The normalized spacial score (nSPS) is 13.1. The highest BCUT2D eigenvalue weighted by atomic mass is 79.9. The van der Waals surface area contributed by atoms with Crippen LogP contribution in [-0.4, -0.2) is 23.4 Å². The summed E-state index contributed by atoms with van der Waals surface area (Å²) in [4.78, 5) is 2.34. The molecule has 1 aromatic rings. The van der Waals surface area contributed by atoms with Gasteiger partial charge in [-0.2, -0.15) is 0 Å². The average molecular weight is 291 g/mol. The largest absolute Gasteiger partial charge is 0.298 e. The number of benzene rings is 1. The zero-order chi connectivity index (χ0) is 11.3. The van der Waals surface area contributed by atoms with Crippen molar-refractivity contribution in [1.29, 1.82) is 0 Å². The monoisotopic (exact) mass is 289 g/mol. The third-order valence-corrected chi connectivity index (χ3v) is 3.22. The molecule has 84 valence electrons. The van der Waals surface area contributed by atoms with Gasteiger partial charge >= 0.3 is 0 Å². The Kier molecular flexibility index (Phi) is 5.65. The summed E-state index contributed by atoms with van der Waals surface area (Å²) in [6.07, 6.45) is 0.